The van der Waals surface area contributed by atoms with E-state index in [0.29, 0.717) is 37.7 Å². The lowest BCUT2D eigenvalue weighted by molar-refractivity contribution is -0.114. The van der Waals surface area contributed by atoms with Gasteiger partial charge in [-0.25, -0.2) is 4.98 Å². The highest BCUT2D eigenvalue weighted by atomic mass is 35.5. The van der Waals surface area contributed by atoms with Crippen molar-refractivity contribution in [3.8, 4) is 11.3 Å². The van der Waals surface area contributed by atoms with Crippen LogP contribution in [0.25, 0.3) is 11.3 Å². The number of halogens is 2. The highest BCUT2D eigenvalue weighted by Gasteiger charge is 2.12. The van der Waals surface area contributed by atoms with Crippen molar-refractivity contribution in [3.63, 3.8) is 0 Å². The molecule has 0 spiro atoms. The third-order valence-corrected chi connectivity index (χ3v) is 4.72. The van der Waals surface area contributed by atoms with Gasteiger partial charge in [0, 0.05) is 34.1 Å². The maximum absolute atomic E-state index is 12.3. The molecular formula is C18H13Cl2N3O2S. The Balaban J connectivity index is 1.73. The molecule has 0 aliphatic rings. The molecule has 1 aromatic heterocycles. The quantitative estimate of drug-likeness (QED) is 0.616. The molecule has 3 aromatic rings. The molecule has 0 fully saturated rings. The van der Waals surface area contributed by atoms with Crippen LogP contribution in [0.3, 0.4) is 0 Å². The Labute approximate surface area is 164 Å². The van der Waals surface area contributed by atoms with Crippen molar-refractivity contribution in [2.24, 2.45) is 0 Å². The van der Waals surface area contributed by atoms with Gasteiger partial charge in [0.2, 0.25) is 5.91 Å². The number of carbonyl (C=O) groups excluding carboxylic acids is 2. The molecule has 0 radical (unpaired) electrons. The predicted molar refractivity (Wildman–Crippen MR) is 106 cm³/mol. The fourth-order valence-corrected chi connectivity index (χ4v) is 3.32. The summed E-state index contributed by atoms with van der Waals surface area (Å²) in [5.41, 5.74) is 2.42. The highest BCUT2D eigenvalue weighted by molar-refractivity contribution is 7.14. The second kappa shape index (κ2) is 7.86. The van der Waals surface area contributed by atoms with E-state index in [4.69, 9.17) is 23.2 Å². The zero-order valence-electron chi connectivity index (χ0n) is 13.5. The van der Waals surface area contributed by atoms with Gasteiger partial charge in [-0.05, 0) is 42.5 Å². The van der Waals surface area contributed by atoms with E-state index in [-0.39, 0.29) is 11.8 Å². The Morgan fingerprint density at radius 3 is 2.46 bits per heavy atom. The normalized spacial score (nSPS) is 10.4. The van der Waals surface area contributed by atoms with E-state index in [1.54, 1.807) is 47.8 Å². The number of hydrogen-bond donors (Lipinski definition) is 2. The van der Waals surface area contributed by atoms with Crippen LogP contribution in [0.1, 0.15) is 17.3 Å². The molecular weight excluding hydrogens is 393 g/mol. The summed E-state index contributed by atoms with van der Waals surface area (Å²) in [6.07, 6.45) is 0. The van der Waals surface area contributed by atoms with Crippen LogP contribution in [-0.2, 0) is 4.79 Å². The summed E-state index contributed by atoms with van der Waals surface area (Å²) in [6.45, 7) is 1.42. The molecule has 8 heteroatoms. The maximum atomic E-state index is 12.3. The van der Waals surface area contributed by atoms with Gasteiger partial charge in [-0.2, -0.15) is 0 Å². The van der Waals surface area contributed by atoms with Gasteiger partial charge in [0.05, 0.1) is 10.7 Å². The summed E-state index contributed by atoms with van der Waals surface area (Å²) in [7, 11) is 0. The van der Waals surface area contributed by atoms with Crippen LogP contribution >= 0.6 is 34.5 Å². The molecule has 0 atom stereocenters. The topological polar surface area (TPSA) is 71.1 Å². The van der Waals surface area contributed by atoms with E-state index < -0.39 is 0 Å². The van der Waals surface area contributed by atoms with Crippen LogP contribution in [0, 0.1) is 0 Å². The van der Waals surface area contributed by atoms with Crippen LogP contribution in [-0.4, -0.2) is 16.8 Å². The Hall–Kier alpha value is -2.41. The van der Waals surface area contributed by atoms with Gasteiger partial charge < -0.3 is 5.32 Å². The lowest BCUT2D eigenvalue weighted by Crippen LogP contribution is -2.12. The van der Waals surface area contributed by atoms with Crippen molar-refractivity contribution in [2.75, 3.05) is 10.6 Å². The Bertz CT molecular complexity index is 971. The summed E-state index contributed by atoms with van der Waals surface area (Å²) in [6, 6.07) is 11.7. The molecule has 0 aliphatic carbocycles. The summed E-state index contributed by atoms with van der Waals surface area (Å²) >= 11 is 13.5. The molecule has 5 nitrogen and oxygen atoms in total. The summed E-state index contributed by atoms with van der Waals surface area (Å²) in [5, 5.41) is 8.74. The first-order chi connectivity index (χ1) is 12.4. The Morgan fingerprint density at radius 2 is 1.77 bits per heavy atom. The molecule has 1 heterocycles. The van der Waals surface area contributed by atoms with Crippen LogP contribution in [0.5, 0.6) is 0 Å². The third kappa shape index (κ3) is 4.40. The van der Waals surface area contributed by atoms with E-state index in [0.717, 1.165) is 0 Å². The van der Waals surface area contributed by atoms with Crippen LogP contribution in [0.2, 0.25) is 10.0 Å². The Morgan fingerprint density at radius 1 is 1.04 bits per heavy atom. The first kappa shape index (κ1) is 18.4. The zero-order chi connectivity index (χ0) is 18.7. The largest absolute Gasteiger partial charge is 0.326 e. The smallest absolute Gasteiger partial charge is 0.257 e. The first-order valence-electron chi connectivity index (χ1n) is 7.52. The molecule has 26 heavy (non-hydrogen) atoms. The average Bonchev–Trinajstić information content (AvgIpc) is 3.05. The summed E-state index contributed by atoms with van der Waals surface area (Å²) in [4.78, 5) is 27.7. The van der Waals surface area contributed by atoms with Crippen molar-refractivity contribution in [1.82, 2.24) is 4.98 Å². The number of aromatic nitrogens is 1. The maximum Gasteiger partial charge on any atom is 0.257 e. The molecule has 0 unspecified atom stereocenters. The summed E-state index contributed by atoms with van der Waals surface area (Å²) in [5.74, 6) is -0.463. The second-order valence-electron chi connectivity index (χ2n) is 5.37. The number of amides is 2. The number of hydrogen-bond acceptors (Lipinski definition) is 4. The minimum Gasteiger partial charge on any atom is -0.326 e. The second-order valence-corrected chi connectivity index (χ2v) is 7.08. The number of nitrogens with zero attached hydrogens (tertiary/aromatic N) is 1. The van der Waals surface area contributed by atoms with Crippen molar-refractivity contribution in [3.05, 3.63) is 63.5 Å². The summed E-state index contributed by atoms with van der Waals surface area (Å²) < 4.78 is 0. The SMILES string of the molecule is CC(=O)Nc1ccc(C(=O)Nc2nc(-c3cc(Cl)ccc3Cl)cs2)cc1. The van der Waals surface area contributed by atoms with E-state index >= 15 is 0 Å². The van der Waals surface area contributed by atoms with Gasteiger partial charge >= 0.3 is 0 Å². The molecule has 2 aromatic carbocycles. The lowest BCUT2D eigenvalue weighted by atomic mass is 10.2. The van der Waals surface area contributed by atoms with Crippen molar-refractivity contribution >= 4 is 57.2 Å². The van der Waals surface area contributed by atoms with Gasteiger partial charge in [-0.3, -0.25) is 14.9 Å². The molecule has 0 saturated heterocycles. The standard InChI is InChI=1S/C18H13Cl2N3O2S/c1-10(24)21-13-5-2-11(3-6-13)17(25)23-18-22-16(9-26-18)14-8-12(19)4-7-15(14)20/h2-9H,1H3,(H,21,24)(H,22,23,25). The van der Waals surface area contributed by atoms with Crippen molar-refractivity contribution in [2.45, 2.75) is 6.92 Å². The minimum atomic E-state index is -0.294. The van der Waals surface area contributed by atoms with E-state index in [1.807, 2.05) is 0 Å². The molecule has 0 aliphatic heterocycles. The highest BCUT2D eigenvalue weighted by Crippen LogP contribution is 2.32. The number of thiazole rings is 1. The number of carbonyl (C=O) groups is 2. The van der Waals surface area contributed by atoms with Crippen LogP contribution in [0.15, 0.2) is 47.8 Å². The van der Waals surface area contributed by atoms with Gasteiger partial charge in [0.15, 0.2) is 5.13 Å². The van der Waals surface area contributed by atoms with Crippen LogP contribution < -0.4 is 10.6 Å². The monoisotopic (exact) mass is 405 g/mol. The third-order valence-electron chi connectivity index (χ3n) is 3.40. The van der Waals surface area contributed by atoms with Gasteiger partial charge in [-0.15, -0.1) is 11.3 Å². The van der Waals surface area contributed by atoms with Gasteiger partial charge in [0.25, 0.3) is 5.91 Å². The van der Waals surface area contributed by atoms with Crippen molar-refractivity contribution in [1.29, 1.82) is 0 Å². The first-order valence-corrected chi connectivity index (χ1v) is 9.16. The molecule has 0 saturated carbocycles. The molecule has 132 valence electrons. The van der Waals surface area contributed by atoms with E-state index in [1.165, 1.54) is 18.3 Å². The van der Waals surface area contributed by atoms with E-state index in [9.17, 15) is 9.59 Å². The molecule has 2 N–H and O–H groups in total. The Kier molecular flexibility index (Phi) is 5.56. The molecule has 2 amide bonds. The zero-order valence-corrected chi connectivity index (χ0v) is 15.9. The number of benzene rings is 2. The number of nitrogens with one attached hydrogen (secondary N) is 2. The fourth-order valence-electron chi connectivity index (χ4n) is 2.23. The fraction of sp³-hybridized carbons (Fsp3) is 0.0556. The average molecular weight is 406 g/mol. The van der Waals surface area contributed by atoms with E-state index in [2.05, 4.69) is 15.6 Å². The lowest BCUT2D eigenvalue weighted by Gasteiger charge is -2.05. The number of anilines is 2. The predicted octanol–water partition coefficient (Wildman–Crippen LogP) is 5.33. The van der Waals surface area contributed by atoms with Gasteiger partial charge in [0.1, 0.15) is 0 Å². The van der Waals surface area contributed by atoms with Crippen LogP contribution in [0.4, 0.5) is 10.8 Å². The van der Waals surface area contributed by atoms with Crippen molar-refractivity contribution < 1.29 is 9.59 Å². The number of rotatable bonds is 4. The minimum absolute atomic E-state index is 0.169. The van der Waals surface area contributed by atoms with Gasteiger partial charge in [-0.1, -0.05) is 23.2 Å². The molecule has 0 bridgehead atoms. The molecule has 3 rings (SSSR count).